The summed E-state index contributed by atoms with van der Waals surface area (Å²) < 4.78 is 2.01. The zero-order valence-electron chi connectivity index (χ0n) is 8.56. The number of nitrogens with two attached hydrogens (primary N) is 1. The Morgan fingerprint density at radius 2 is 2.00 bits per heavy atom. The first-order valence-corrected chi connectivity index (χ1v) is 5.39. The highest BCUT2D eigenvalue weighted by Gasteiger charge is 2.35. The maximum atomic E-state index is 6.37. The molecule has 1 fully saturated rings. The Bertz CT molecular complexity index is 482. The summed E-state index contributed by atoms with van der Waals surface area (Å²) in [6.45, 7) is 0. The highest BCUT2D eigenvalue weighted by Crippen LogP contribution is 2.35. The molecular weight excluding hydrogens is 188 g/mol. The summed E-state index contributed by atoms with van der Waals surface area (Å²) in [5, 5.41) is 8.38. The molecule has 2 heterocycles. The quantitative estimate of drug-likeness (QED) is 0.761. The minimum absolute atomic E-state index is 0.263. The van der Waals surface area contributed by atoms with Gasteiger partial charge in [-0.05, 0) is 25.0 Å². The SMILES string of the molecule is NC1(c2nnc3ccccn23)CCCC1. The fraction of sp³-hybridized carbons (Fsp3) is 0.455. The number of rotatable bonds is 1. The maximum absolute atomic E-state index is 6.37. The maximum Gasteiger partial charge on any atom is 0.160 e. The molecule has 0 aliphatic heterocycles. The number of pyridine rings is 1. The Balaban J connectivity index is 2.18. The fourth-order valence-corrected chi connectivity index (χ4v) is 2.41. The minimum Gasteiger partial charge on any atom is -0.319 e. The normalized spacial score (nSPS) is 19.8. The summed E-state index contributed by atoms with van der Waals surface area (Å²) in [5.41, 5.74) is 6.98. The average Bonchev–Trinajstić information content (AvgIpc) is 2.84. The zero-order chi connectivity index (χ0) is 10.3. The summed E-state index contributed by atoms with van der Waals surface area (Å²) in [5.74, 6) is 0.913. The molecule has 0 aromatic carbocycles. The van der Waals surface area contributed by atoms with Crippen molar-refractivity contribution in [3.63, 3.8) is 0 Å². The van der Waals surface area contributed by atoms with E-state index in [1.165, 1.54) is 12.8 Å². The van der Waals surface area contributed by atoms with Crippen molar-refractivity contribution in [1.82, 2.24) is 14.6 Å². The number of hydrogen-bond acceptors (Lipinski definition) is 3. The second kappa shape index (κ2) is 3.03. The molecule has 4 heteroatoms. The van der Waals surface area contributed by atoms with E-state index < -0.39 is 0 Å². The van der Waals surface area contributed by atoms with Crippen LogP contribution in [-0.4, -0.2) is 14.6 Å². The van der Waals surface area contributed by atoms with Gasteiger partial charge in [0, 0.05) is 6.20 Å². The van der Waals surface area contributed by atoms with E-state index in [0.717, 1.165) is 24.3 Å². The van der Waals surface area contributed by atoms with Crippen LogP contribution in [0.2, 0.25) is 0 Å². The van der Waals surface area contributed by atoms with Gasteiger partial charge in [0.2, 0.25) is 0 Å². The highest BCUT2D eigenvalue weighted by molar-refractivity contribution is 5.38. The molecule has 0 spiro atoms. The van der Waals surface area contributed by atoms with E-state index >= 15 is 0 Å². The lowest BCUT2D eigenvalue weighted by Crippen LogP contribution is -2.35. The smallest absolute Gasteiger partial charge is 0.160 e. The van der Waals surface area contributed by atoms with Crippen molar-refractivity contribution in [3.8, 4) is 0 Å². The van der Waals surface area contributed by atoms with E-state index in [0.29, 0.717) is 0 Å². The van der Waals surface area contributed by atoms with Gasteiger partial charge in [-0.2, -0.15) is 0 Å². The second-order valence-electron chi connectivity index (χ2n) is 4.32. The molecule has 1 aliphatic carbocycles. The monoisotopic (exact) mass is 202 g/mol. The van der Waals surface area contributed by atoms with Gasteiger partial charge in [0.05, 0.1) is 5.54 Å². The topological polar surface area (TPSA) is 56.2 Å². The zero-order valence-corrected chi connectivity index (χ0v) is 8.56. The molecular formula is C11H14N4. The van der Waals surface area contributed by atoms with Crippen LogP contribution in [0.1, 0.15) is 31.5 Å². The van der Waals surface area contributed by atoms with Crippen LogP contribution in [0.4, 0.5) is 0 Å². The van der Waals surface area contributed by atoms with Crippen LogP contribution < -0.4 is 5.73 Å². The fourth-order valence-electron chi connectivity index (χ4n) is 2.41. The standard InChI is InChI=1S/C11H14N4/c12-11(6-2-3-7-11)10-14-13-9-5-1-4-8-15(9)10/h1,4-5,8H,2-3,6-7,12H2. The van der Waals surface area contributed by atoms with E-state index in [9.17, 15) is 0 Å². The Kier molecular flexibility index (Phi) is 1.79. The van der Waals surface area contributed by atoms with E-state index in [-0.39, 0.29) is 5.54 Å². The number of aromatic nitrogens is 3. The Labute approximate surface area is 88.1 Å². The van der Waals surface area contributed by atoms with Crippen molar-refractivity contribution in [1.29, 1.82) is 0 Å². The molecule has 0 saturated heterocycles. The Morgan fingerprint density at radius 3 is 2.80 bits per heavy atom. The summed E-state index contributed by atoms with van der Waals surface area (Å²) >= 11 is 0. The van der Waals surface area contributed by atoms with E-state index in [2.05, 4.69) is 10.2 Å². The summed E-state index contributed by atoms with van der Waals surface area (Å²) in [7, 11) is 0. The van der Waals surface area contributed by atoms with Crippen molar-refractivity contribution in [2.24, 2.45) is 5.73 Å². The predicted octanol–water partition coefficient (Wildman–Crippen LogP) is 1.46. The van der Waals surface area contributed by atoms with Crippen molar-refractivity contribution in [2.45, 2.75) is 31.2 Å². The summed E-state index contributed by atoms with van der Waals surface area (Å²) in [6, 6.07) is 5.90. The molecule has 0 bridgehead atoms. The Hall–Kier alpha value is -1.42. The van der Waals surface area contributed by atoms with Crippen molar-refractivity contribution < 1.29 is 0 Å². The van der Waals surface area contributed by atoms with Gasteiger partial charge in [-0.1, -0.05) is 18.9 Å². The molecule has 0 unspecified atom stereocenters. The van der Waals surface area contributed by atoms with Gasteiger partial charge in [0.1, 0.15) is 0 Å². The van der Waals surface area contributed by atoms with Crippen LogP contribution in [0.3, 0.4) is 0 Å². The van der Waals surface area contributed by atoms with E-state index in [1.807, 2.05) is 28.8 Å². The second-order valence-corrected chi connectivity index (χ2v) is 4.32. The number of hydrogen-bond donors (Lipinski definition) is 1. The van der Waals surface area contributed by atoms with Crippen molar-refractivity contribution >= 4 is 5.65 Å². The lowest BCUT2D eigenvalue weighted by Gasteiger charge is -2.20. The third-order valence-electron chi connectivity index (χ3n) is 3.25. The van der Waals surface area contributed by atoms with Crippen LogP contribution in [0.25, 0.3) is 5.65 Å². The van der Waals surface area contributed by atoms with E-state index in [4.69, 9.17) is 5.73 Å². The van der Waals surface area contributed by atoms with Gasteiger partial charge in [0.15, 0.2) is 11.5 Å². The van der Waals surface area contributed by atoms with Gasteiger partial charge in [-0.3, -0.25) is 4.40 Å². The van der Waals surface area contributed by atoms with Gasteiger partial charge in [0.25, 0.3) is 0 Å². The molecule has 78 valence electrons. The van der Waals surface area contributed by atoms with Crippen molar-refractivity contribution in [2.75, 3.05) is 0 Å². The van der Waals surface area contributed by atoms with Crippen LogP contribution in [0.5, 0.6) is 0 Å². The highest BCUT2D eigenvalue weighted by atomic mass is 15.3. The molecule has 15 heavy (non-hydrogen) atoms. The average molecular weight is 202 g/mol. The Morgan fingerprint density at radius 1 is 1.20 bits per heavy atom. The molecule has 1 aliphatic rings. The molecule has 1 saturated carbocycles. The van der Waals surface area contributed by atoms with Gasteiger partial charge in [-0.25, -0.2) is 0 Å². The summed E-state index contributed by atoms with van der Waals surface area (Å²) in [6.07, 6.45) is 6.40. The van der Waals surface area contributed by atoms with Gasteiger partial charge in [-0.15, -0.1) is 10.2 Å². The van der Waals surface area contributed by atoms with Crippen LogP contribution in [-0.2, 0) is 5.54 Å². The lowest BCUT2D eigenvalue weighted by molar-refractivity contribution is 0.427. The molecule has 0 amide bonds. The molecule has 0 radical (unpaired) electrons. The molecule has 2 aromatic rings. The first-order valence-electron chi connectivity index (χ1n) is 5.39. The first kappa shape index (κ1) is 8.85. The molecule has 0 atom stereocenters. The molecule has 3 rings (SSSR count). The number of fused-ring (bicyclic) bond motifs is 1. The van der Waals surface area contributed by atoms with E-state index in [1.54, 1.807) is 0 Å². The van der Waals surface area contributed by atoms with Crippen molar-refractivity contribution in [3.05, 3.63) is 30.2 Å². The molecule has 2 aromatic heterocycles. The predicted molar refractivity (Wildman–Crippen MR) is 57.3 cm³/mol. The van der Waals surface area contributed by atoms with Crippen LogP contribution in [0.15, 0.2) is 24.4 Å². The first-order chi connectivity index (χ1) is 7.30. The lowest BCUT2D eigenvalue weighted by atomic mass is 9.98. The minimum atomic E-state index is -0.263. The molecule has 4 nitrogen and oxygen atoms in total. The van der Waals surface area contributed by atoms with Gasteiger partial charge >= 0.3 is 0 Å². The van der Waals surface area contributed by atoms with Crippen LogP contribution >= 0.6 is 0 Å². The largest absolute Gasteiger partial charge is 0.319 e. The summed E-state index contributed by atoms with van der Waals surface area (Å²) in [4.78, 5) is 0. The van der Waals surface area contributed by atoms with Crippen LogP contribution in [0, 0.1) is 0 Å². The van der Waals surface area contributed by atoms with Gasteiger partial charge < -0.3 is 5.73 Å². The number of nitrogens with zero attached hydrogens (tertiary/aromatic N) is 3. The molecule has 2 N–H and O–H groups in total. The third-order valence-corrected chi connectivity index (χ3v) is 3.25. The third kappa shape index (κ3) is 1.25.